The molecule has 0 aromatic heterocycles. The summed E-state index contributed by atoms with van der Waals surface area (Å²) in [6.07, 6.45) is -2.44. The minimum atomic E-state index is -1.55. The smallest absolute Gasteiger partial charge is 0.334 e. The Bertz CT molecular complexity index is 1610. The van der Waals surface area contributed by atoms with Gasteiger partial charge in [-0.15, -0.1) is 0 Å². The van der Waals surface area contributed by atoms with Gasteiger partial charge in [0.15, 0.2) is 6.10 Å². The second-order valence-corrected chi connectivity index (χ2v) is 14.5. The van der Waals surface area contributed by atoms with Gasteiger partial charge in [0.25, 0.3) is 11.8 Å². The molecule has 14 heteroatoms. The Kier molecular flexibility index (Phi) is 15.0. The zero-order valence-corrected chi connectivity index (χ0v) is 32.0. The Hall–Kier alpha value is -4.98. The van der Waals surface area contributed by atoms with Gasteiger partial charge in [0.1, 0.15) is 35.7 Å². The maximum Gasteiger partial charge on any atom is 0.334 e. The molecule has 14 nitrogen and oxygen atoms in total. The summed E-state index contributed by atoms with van der Waals surface area (Å²) in [5.41, 5.74) is 0.725. The third kappa shape index (κ3) is 11.0. The highest BCUT2D eigenvalue weighted by Gasteiger charge is 2.42. The average molecular weight is 739 g/mol. The summed E-state index contributed by atoms with van der Waals surface area (Å²) in [6, 6.07) is 3.65. The Morgan fingerprint density at radius 3 is 2.23 bits per heavy atom. The van der Waals surface area contributed by atoms with Crippen molar-refractivity contribution < 1.29 is 48.1 Å². The molecule has 2 heterocycles. The van der Waals surface area contributed by atoms with Gasteiger partial charge in [-0.3, -0.25) is 24.0 Å². The van der Waals surface area contributed by atoms with E-state index in [4.69, 9.17) is 14.2 Å². The average Bonchev–Trinajstić information content (AvgIpc) is 3.59. The molecule has 2 aliphatic rings. The normalized spacial score (nSPS) is 24.7. The summed E-state index contributed by atoms with van der Waals surface area (Å²) in [5, 5.41) is 16.3. The lowest BCUT2D eigenvalue weighted by atomic mass is 10.00. The van der Waals surface area contributed by atoms with E-state index >= 15 is 0 Å². The van der Waals surface area contributed by atoms with E-state index in [0.717, 1.165) is 0 Å². The minimum absolute atomic E-state index is 0.00243. The number of likely N-dealkylation sites (N-methyl/N-ethyl adjacent to an activating group) is 1. The number of amides is 4. The van der Waals surface area contributed by atoms with Gasteiger partial charge in [0.2, 0.25) is 11.8 Å². The lowest BCUT2D eigenvalue weighted by molar-refractivity contribution is -0.161. The fourth-order valence-corrected chi connectivity index (χ4v) is 6.25. The standard InChI is InChI=1S/C39H54N4O10/c1-21(2)18-28-37(48)43-17-11-12-29(43)38(49)42(9)30(19-26-13-15-27(51-10)16-14-26)39(50)52-25(8)24(7)35(46)41-33(22(3)4)31(44)20-32(45)53-34(23(5)6)36(47)40-28/h13-16,21,23,28-31,34,44H,7-8,11-12,17-20H2,1-6,9-10H3,(H,40,47)(H,41,46)/t28-,29-,30-,31-,34-/m0/s1. The van der Waals surface area contributed by atoms with Gasteiger partial charge < -0.3 is 39.8 Å². The number of hydrogen-bond acceptors (Lipinski definition) is 10. The van der Waals surface area contributed by atoms with Crippen molar-refractivity contribution in [2.24, 2.45) is 11.8 Å². The fourth-order valence-electron chi connectivity index (χ4n) is 6.25. The lowest BCUT2D eigenvalue weighted by Gasteiger charge is -2.34. The molecule has 2 aliphatic heterocycles. The van der Waals surface area contributed by atoms with E-state index in [1.165, 1.54) is 24.0 Å². The summed E-state index contributed by atoms with van der Waals surface area (Å²) >= 11 is 0. The van der Waals surface area contributed by atoms with Crippen molar-refractivity contribution in [3.05, 3.63) is 65.6 Å². The van der Waals surface area contributed by atoms with E-state index in [2.05, 4.69) is 23.8 Å². The molecule has 0 unspecified atom stereocenters. The fraction of sp³-hybridized carbons (Fsp3) is 0.538. The monoisotopic (exact) mass is 738 g/mol. The summed E-state index contributed by atoms with van der Waals surface area (Å²) in [4.78, 5) is 85.1. The van der Waals surface area contributed by atoms with Gasteiger partial charge in [-0.1, -0.05) is 58.6 Å². The Balaban J connectivity index is 2.10. The van der Waals surface area contributed by atoms with Crippen molar-refractivity contribution in [3.8, 4) is 5.75 Å². The number of nitrogens with zero attached hydrogens (tertiary/aromatic N) is 2. The largest absolute Gasteiger partial charge is 0.497 e. The molecule has 0 bridgehead atoms. The van der Waals surface area contributed by atoms with E-state index in [1.54, 1.807) is 52.0 Å². The zero-order valence-electron chi connectivity index (χ0n) is 32.0. The number of allylic oxidation sites excluding steroid dienone is 1. The van der Waals surface area contributed by atoms with Gasteiger partial charge in [-0.25, -0.2) is 4.79 Å². The van der Waals surface area contributed by atoms with Crippen molar-refractivity contribution in [2.45, 2.75) is 104 Å². The van der Waals surface area contributed by atoms with Crippen molar-refractivity contribution >= 4 is 35.6 Å². The number of fused-ring (bicyclic) bond motifs is 1. The molecule has 4 amide bonds. The van der Waals surface area contributed by atoms with Crippen LogP contribution in [0.2, 0.25) is 0 Å². The van der Waals surface area contributed by atoms with E-state index in [1.807, 2.05) is 13.8 Å². The van der Waals surface area contributed by atoms with Crippen LogP contribution in [0.3, 0.4) is 0 Å². The summed E-state index contributed by atoms with van der Waals surface area (Å²) in [5.74, 6) is -4.80. The van der Waals surface area contributed by atoms with Crippen LogP contribution in [0.25, 0.3) is 0 Å². The number of rotatable bonds is 6. The molecule has 290 valence electrons. The van der Waals surface area contributed by atoms with Crippen LogP contribution < -0.4 is 15.4 Å². The SMILES string of the molecule is C=C1OC(=O)[C@H](Cc2ccc(OC)cc2)N(C)C(=O)[C@@H]2CCCN2C(=O)[C@H](CC(C)C)NC(=O)[C@H](C(C)C)OC(=O)C[C@H](O)C(=C(C)C)NC(=O)C1=C. The summed E-state index contributed by atoms with van der Waals surface area (Å²) in [6.45, 7) is 18.0. The molecule has 1 aromatic rings. The number of methoxy groups -OCH3 is 1. The number of carbonyl (C=O) groups is 6. The van der Waals surface area contributed by atoms with Crippen LogP contribution in [0.5, 0.6) is 5.75 Å². The summed E-state index contributed by atoms with van der Waals surface area (Å²) in [7, 11) is 2.96. The maximum absolute atomic E-state index is 14.3. The Morgan fingerprint density at radius 1 is 1.02 bits per heavy atom. The number of aliphatic hydroxyl groups is 1. The molecular formula is C39H54N4O10. The molecule has 0 spiro atoms. The first-order chi connectivity index (χ1) is 24.9. The molecule has 0 aliphatic carbocycles. The number of aliphatic hydroxyl groups excluding tert-OH is 1. The first-order valence-corrected chi connectivity index (χ1v) is 17.8. The molecule has 2 fully saturated rings. The van der Waals surface area contributed by atoms with Crippen LogP contribution in [0.1, 0.15) is 72.8 Å². The van der Waals surface area contributed by atoms with Crippen LogP contribution in [0, 0.1) is 11.8 Å². The number of esters is 2. The van der Waals surface area contributed by atoms with Crippen LogP contribution in [0.15, 0.2) is 60.0 Å². The molecule has 0 saturated carbocycles. The molecule has 3 rings (SSSR count). The molecule has 53 heavy (non-hydrogen) atoms. The first-order valence-electron chi connectivity index (χ1n) is 17.8. The third-order valence-electron chi connectivity index (χ3n) is 9.25. The number of ether oxygens (including phenoxy) is 3. The second kappa shape index (κ2) is 18.7. The number of benzene rings is 1. The van der Waals surface area contributed by atoms with Crippen molar-refractivity contribution in [1.82, 2.24) is 20.4 Å². The van der Waals surface area contributed by atoms with Crippen LogP contribution in [-0.2, 0) is 44.7 Å². The molecular weight excluding hydrogens is 684 g/mol. The predicted molar refractivity (Wildman–Crippen MR) is 196 cm³/mol. The topological polar surface area (TPSA) is 181 Å². The molecule has 5 atom stereocenters. The number of nitrogens with one attached hydrogen (secondary N) is 2. The highest BCUT2D eigenvalue weighted by Crippen LogP contribution is 2.25. The molecule has 1 aromatic carbocycles. The van der Waals surface area contributed by atoms with Gasteiger partial charge in [0.05, 0.1) is 19.1 Å². The number of cyclic esters (lactones) is 2. The summed E-state index contributed by atoms with van der Waals surface area (Å²) < 4.78 is 16.4. The van der Waals surface area contributed by atoms with Gasteiger partial charge in [0, 0.05) is 25.7 Å². The number of carbonyl (C=O) groups excluding carboxylic acids is 6. The maximum atomic E-state index is 14.3. The predicted octanol–water partition coefficient (Wildman–Crippen LogP) is 2.94. The van der Waals surface area contributed by atoms with Crippen LogP contribution in [-0.4, -0.2) is 102 Å². The minimum Gasteiger partial charge on any atom is -0.497 e. The van der Waals surface area contributed by atoms with Gasteiger partial charge >= 0.3 is 11.9 Å². The lowest BCUT2D eigenvalue weighted by Crippen LogP contribution is -2.57. The second-order valence-electron chi connectivity index (χ2n) is 14.5. The van der Waals surface area contributed by atoms with E-state index in [0.29, 0.717) is 29.7 Å². The van der Waals surface area contributed by atoms with Crippen molar-refractivity contribution in [3.63, 3.8) is 0 Å². The van der Waals surface area contributed by atoms with Crippen molar-refractivity contribution in [1.29, 1.82) is 0 Å². The van der Waals surface area contributed by atoms with Gasteiger partial charge in [-0.05, 0) is 62.6 Å². The molecule has 2 saturated heterocycles. The molecule has 3 N–H and O–H groups in total. The molecule has 0 radical (unpaired) electrons. The Labute approximate surface area is 311 Å². The van der Waals surface area contributed by atoms with E-state index in [-0.39, 0.29) is 36.6 Å². The third-order valence-corrected chi connectivity index (χ3v) is 9.25. The van der Waals surface area contributed by atoms with Crippen LogP contribution in [0.4, 0.5) is 0 Å². The van der Waals surface area contributed by atoms with Crippen LogP contribution >= 0.6 is 0 Å². The first kappa shape index (κ1) is 42.4. The van der Waals surface area contributed by atoms with Gasteiger partial charge in [-0.2, -0.15) is 0 Å². The van der Waals surface area contributed by atoms with Crippen molar-refractivity contribution in [2.75, 3.05) is 20.7 Å². The van der Waals surface area contributed by atoms with E-state index < -0.39 is 84.0 Å². The quantitative estimate of drug-likeness (QED) is 0.290. The Morgan fingerprint density at radius 2 is 1.66 bits per heavy atom. The van der Waals surface area contributed by atoms with E-state index in [9.17, 15) is 33.9 Å². The highest BCUT2D eigenvalue weighted by molar-refractivity contribution is 5.99. The zero-order chi connectivity index (χ0) is 39.7. The number of hydrogen-bond donors (Lipinski definition) is 3. The highest BCUT2D eigenvalue weighted by atomic mass is 16.6.